The summed E-state index contributed by atoms with van der Waals surface area (Å²) >= 11 is 23.4. The second-order valence-electron chi connectivity index (χ2n) is 6.71. The Labute approximate surface area is 209 Å². The van der Waals surface area contributed by atoms with Gasteiger partial charge < -0.3 is 20.7 Å². The number of benzene rings is 3. The Morgan fingerprint density at radius 1 is 1.09 bits per heavy atom. The fourth-order valence-corrected chi connectivity index (χ4v) is 3.57. The van der Waals surface area contributed by atoms with Crippen molar-refractivity contribution in [1.29, 1.82) is 0 Å². The molecule has 33 heavy (non-hydrogen) atoms. The van der Waals surface area contributed by atoms with Crippen LogP contribution >= 0.6 is 47.0 Å². The Hall–Kier alpha value is -2.85. The summed E-state index contributed by atoms with van der Waals surface area (Å²) in [6.07, 6.45) is -1.26. The predicted molar refractivity (Wildman–Crippen MR) is 134 cm³/mol. The minimum absolute atomic E-state index is 0.0850. The largest absolute Gasteiger partial charge is 0.496 e. The van der Waals surface area contributed by atoms with Crippen LogP contribution in [0.4, 0.5) is 11.4 Å². The highest BCUT2D eigenvalue weighted by Crippen LogP contribution is 2.31. The molecule has 0 saturated heterocycles. The number of methoxy groups -OCH3 is 1. The number of nitro benzene ring substituents is 1. The van der Waals surface area contributed by atoms with E-state index < -0.39 is 20.8 Å². The van der Waals surface area contributed by atoms with Gasteiger partial charge in [0.05, 0.1) is 18.1 Å². The third-order valence-corrected chi connectivity index (χ3v) is 5.44. The maximum atomic E-state index is 13.0. The minimum atomic E-state index is -2.00. The van der Waals surface area contributed by atoms with Gasteiger partial charge in [0.2, 0.25) is 3.79 Å². The van der Waals surface area contributed by atoms with Gasteiger partial charge in [0.1, 0.15) is 17.6 Å². The number of anilines is 1. The van der Waals surface area contributed by atoms with Crippen molar-refractivity contribution >= 4 is 80.2 Å². The van der Waals surface area contributed by atoms with Gasteiger partial charge in [-0.2, -0.15) is 0 Å². The van der Waals surface area contributed by atoms with E-state index in [2.05, 4.69) is 16.0 Å². The van der Waals surface area contributed by atoms with Crippen LogP contribution in [-0.4, -0.2) is 33.0 Å². The molecule has 3 aromatic carbocycles. The lowest BCUT2D eigenvalue weighted by atomic mass is 10.0. The molecule has 0 aliphatic rings. The highest BCUT2D eigenvalue weighted by Gasteiger charge is 2.35. The van der Waals surface area contributed by atoms with Gasteiger partial charge in [0.15, 0.2) is 5.11 Å². The van der Waals surface area contributed by atoms with Crippen molar-refractivity contribution in [2.75, 3.05) is 12.4 Å². The topological polar surface area (TPSA) is 106 Å². The number of ether oxygens (including phenoxy) is 1. The zero-order valence-electron chi connectivity index (χ0n) is 17.0. The number of amides is 1. The first-order chi connectivity index (χ1) is 15.6. The van der Waals surface area contributed by atoms with Gasteiger partial charge in [0.25, 0.3) is 11.6 Å². The first kappa shape index (κ1) is 24.8. The van der Waals surface area contributed by atoms with Gasteiger partial charge in [-0.15, -0.1) is 0 Å². The van der Waals surface area contributed by atoms with Crippen LogP contribution in [0.3, 0.4) is 0 Å². The van der Waals surface area contributed by atoms with Gasteiger partial charge in [-0.05, 0) is 41.2 Å². The molecule has 0 fully saturated rings. The monoisotopic (exact) mass is 526 g/mol. The van der Waals surface area contributed by atoms with Crippen molar-refractivity contribution in [3.63, 3.8) is 0 Å². The van der Waals surface area contributed by atoms with Crippen molar-refractivity contribution in [2.24, 2.45) is 0 Å². The summed E-state index contributed by atoms with van der Waals surface area (Å²) in [6, 6.07) is 16.8. The first-order valence-corrected chi connectivity index (χ1v) is 10.9. The highest BCUT2D eigenvalue weighted by atomic mass is 35.6. The van der Waals surface area contributed by atoms with E-state index in [1.165, 1.54) is 25.3 Å². The number of nitro groups is 1. The van der Waals surface area contributed by atoms with Crippen LogP contribution in [0, 0.1) is 10.1 Å². The molecule has 0 aromatic heterocycles. The van der Waals surface area contributed by atoms with E-state index in [1.807, 2.05) is 24.3 Å². The van der Waals surface area contributed by atoms with E-state index in [0.717, 1.165) is 10.8 Å². The Morgan fingerprint density at radius 2 is 1.79 bits per heavy atom. The van der Waals surface area contributed by atoms with E-state index in [-0.39, 0.29) is 16.5 Å². The summed E-state index contributed by atoms with van der Waals surface area (Å²) in [5, 5.41) is 20.8. The molecule has 8 nitrogen and oxygen atoms in total. The molecule has 3 rings (SSSR count). The van der Waals surface area contributed by atoms with Crippen LogP contribution in [0.25, 0.3) is 10.8 Å². The third-order valence-electron chi connectivity index (χ3n) is 4.56. The van der Waals surface area contributed by atoms with Gasteiger partial charge in [-0.25, -0.2) is 0 Å². The number of fused-ring (bicyclic) bond motifs is 1. The molecule has 1 atom stereocenters. The fraction of sp³-hybridized carbons (Fsp3) is 0.143. The predicted octanol–water partition coefficient (Wildman–Crippen LogP) is 5.17. The maximum absolute atomic E-state index is 13.0. The third kappa shape index (κ3) is 6.14. The average Bonchev–Trinajstić information content (AvgIpc) is 2.77. The molecule has 172 valence electrons. The molecule has 12 heteroatoms. The lowest BCUT2D eigenvalue weighted by Gasteiger charge is -2.28. The summed E-state index contributed by atoms with van der Waals surface area (Å²) in [5.74, 6) is -0.207. The smallest absolute Gasteiger partial charge is 0.296 e. The van der Waals surface area contributed by atoms with Crippen molar-refractivity contribution < 1.29 is 14.5 Å². The number of carbonyl (C=O) groups is 1. The van der Waals surface area contributed by atoms with Crippen molar-refractivity contribution in [2.45, 2.75) is 9.96 Å². The van der Waals surface area contributed by atoms with Crippen LogP contribution in [0.5, 0.6) is 5.75 Å². The number of hydrogen-bond acceptors (Lipinski definition) is 5. The molecule has 3 aromatic rings. The maximum Gasteiger partial charge on any atom is 0.296 e. The summed E-state index contributed by atoms with van der Waals surface area (Å²) in [4.78, 5) is 23.8. The van der Waals surface area contributed by atoms with E-state index in [0.29, 0.717) is 11.3 Å². The molecular formula is C21H17Cl3N4O4S. The van der Waals surface area contributed by atoms with Gasteiger partial charge in [-0.1, -0.05) is 71.2 Å². The van der Waals surface area contributed by atoms with Gasteiger partial charge >= 0.3 is 0 Å². The van der Waals surface area contributed by atoms with Crippen LogP contribution in [-0.2, 0) is 0 Å². The summed E-state index contributed by atoms with van der Waals surface area (Å²) < 4.78 is 3.01. The number of rotatable bonds is 6. The molecule has 0 radical (unpaired) electrons. The molecule has 0 bridgehead atoms. The number of thiocarbonyl (C=S) groups is 1. The minimum Gasteiger partial charge on any atom is -0.496 e. The molecule has 3 N–H and O–H groups in total. The Kier molecular flexibility index (Phi) is 7.80. The van der Waals surface area contributed by atoms with Crippen molar-refractivity contribution in [1.82, 2.24) is 10.6 Å². The molecule has 0 heterocycles. The van der Waals surface area contributed by atoms with Crippen LogP contribution in [0.1, 0.15) is 10.4 Å². The van der Waals surface area contributed by atoms with Gasteiger partial charge in [-0.3, -0.25) is 14.9 Å². The lowest BCUT2D eigenvalue weighted by molar-refractivity contribution is -0.384. The van der Waals surface area contributed by atoms with Gasteiger partial charge in [0, 0.05) is 5.56 Å². The van der Waals surface area contributed by atoms with Crippen molar-refractivity contribution in [3.8, 4) is 5.75 Å². The average molecular weight is 528 g/mol. The molecule has 0 saturated carbocycles. The van der Waals surface area contributed by atoms with E-state index in [1.54, 1.807) is 18.2 Å². The number of nitrogens with zero attached hydrogens (tertiary/aromatic N) is 1. The SMILES string of the molecule is COc1ccc(NC(=S)N[C@@H](NC(=O)c2cccc3ccccc23)C(Cl)(Cl)Cl)c([N+](=O)[O-])c1. The molecule has 1 amide bonds. The molecule has 0 aliphatic heterocycles. The quantitative estimate of drug-likeness (QED) is 0.133. The summed E-state index contributed by atoms with van der Waals surface area (Å²) in [7, 11) is 1.39. The van der Waals surface area contributed by atoms with E-state index >= 15 is 0 Å². The number of alkyl halides is 3. The standard InChI is InChI=1S/C21H17Cl3N4O4S/c1-32-13-9-10-16(17(11-13)28(30)31)25-20(33)27-19(21(22,23)24)26-18(29)15-8-4-6-12-5-2-3-7-14(12)15/h2-11,19H,1H3,(H,26,29)(H2,25,27,33)/t19-/m1/s1. The molecule has 0 aliphatic carbocycles. The summed E-state index contributed by atoms with van der Waals surface area (Å²) in [5.41, 5.74) is 0.185. The number of hydrogen-bond donors (Lipinski definition) is 3. The first-order valence-electron chi connectivity index (χ1n) is 9.35. The molecule has 0 spiro atoms. The zero-order chi connectivity index (χ0) is 24.2. The van der Waals surface area contributed by atoms with E-state index in [4.69, 9.17) is 51.8 Å². The molecule has 0 unspecified atom stereocenters. The Balaban J connectivity index is 1.80. The Bertz CT molecular complexity index is 1210. The molecular weight excluding hydrogens is 511 g/mol. The zero-order valence-corrected chi connectivity index (χ0v) is 20.1. The lowest BCUT2D eigenvalue weighted by Crippen LogP contribution is -2.56. The Morgan fingerprint density at radius 3 is 2.45 bits per heavy atom. The van der Waals surface area contributed by atoms with Crippen LogP contribution in [0.15, 0.2) is 60.7 Å². The number of carbonyl (C=O) groups excluding carboxylic acids is 1. The van der Waals surface area contributed by atoms with E-state index in [9.17, 15) is 14.9 Å². The van der Waals surface area contributed by atoms with Crippen molar-refractivity contribution in [3.05, 3.63) is 76.3 Å². The number of halogens is 3. The number of nitrogens with one attached hydrogen (secondary N) is 3. The summed E-state index contributed by atoms with van der Waals surface area (Å²) in [6.45, 7) is 0. The second kappa shape index (κ2) is 10.4. The second-order valence-corrected chi connectivity index (χ2v) is 9.49. The van der Waals surface area contributed by atoms with Crippen LogP contribution < -0.4 is 20.7 Å². The normalized spacial score (nSPS) is 12.0. The van der Waals surface area contributed by atoms with Crippen LogP contribution in [0.2, 0.25) is 0 Å². The highest BCUT2D eigenvalue weighted by molar-refractivity contribution is 7.80. The fourth-order valence-electron chi connectivity index (χ4n) is 3.02.